The highest BCUT2D eigenvalue weighted by Crippen LogP contribution is 2.35. The molecule has 166 valence electrons. The zero-order valence-corrected chi connectivity index (χ0v) is 18.8. The van der Waals surface area contributed by atoms with E-state index in [2.05, 4.69) is 11.4 Å². The van der Waals surface area contributed by atoms with Gasteiger partial charge in [0, 0.05) is 29.6 Å². The molecule has 8 heteroatoms. The van der Waals surface area contributed by atoms with Crippen LogP contribution in [0.4, 0.5) is 5.69 Å². The van der Waals surface area contributed by atoms with E-state index in [4.69, 9.17) is 22.0 Å². The second kappa shape index (κ2) is 8.38. The molecule has 0 saturated heterocycles. The van der Waals surface area contributed by atoms with Crippen LogP contribution in [0.1, 0.15) is 47.4 Å². The first-order chi connectivity index (χ1) is 15.9. The molecule has 2 aromatic carbocycles. The lowest BCUT2D eigenvalue weighted by Crippen LogP contribution is -2.41. The molecule has 7 nitrogen and oxygen atoms in total. The summed E-state index contributed by atoms with van der Waals surface area (Å²) in [6.07, 6.45) is 1.81. The first kappa shape index (κ1) is 21.2. The fourth-order valence-electron chi connectivity index (χ4n) is 4.13. The topological polar surface area (TPSA) is 91.0 Å². The highest BCUT2D eigenvalue weighted by atomic mass is 35.5. The van der Waals surface area contributed by atoms with Crippen molar-refractivity contribution in [2.24, 2.45) is 5.92 Å². The number of nitriles is 1. The molecule has 2 amide bonds. The van der Waals surface area contributed by atoms with Crippen LogP contribution >= 0.6 is 11.6 Å². The number of carbonyl (C=O) groups excluding carboxylic acids is 2. The summed E-state index contributed by atoms with van der Waals surface area (Å²) in [4.78, 5) is 27.4. The monoisotopic (exact) mass is 459 g/mol. The number of aromatic nitrogens is 2. The predicted molar refractivity (Wildman–Crippen MR) is 125 cm³/mol. The summed E-state index contributed by atoms with van der Waals surface area (Å²) in [7, 11) is 0. The van der Waals surface area contributed by atoms with Crippen LogP contribution in [0.25, 0.3) is 11.3 Å². The van der Waals surface area contributed by atoms with Gasteiger partial charge in [0.05, 0.1) is 29.1 Å². The minimum absolute atomic E-state index is 0.0124. The molecule has 1 atom stereocenters. The Morgan fingerprint density at radius 2 is 1.97 bits per heavy atom. The zero-order chi connectivity index (χ0) is 23.1. The standard InChI is InChI=1S/C25H22ClN5O2/c1-15-13-30(14-17-4-2-16(12-27)3-5-17)25(33)23-11-22(29-31(15)23)20-9-8-19(26)10-21(20)28-24(32)18-6-7-18/h2-5,8-11,15,18H,6-7,13-14H2,1H3,(H,28,32)/t15-/m0/s1. The molecule has 5 rings (SSSR count). The Morgan fingerprint density at radius 1 is 1.21 bits per heavy atom. The van der Waals surface area contributed by atoms with E-state index in [0.717, 1.165) is 24.0 Å². The van der Waals surface area contributed by atoms with Crippen LogP contribution in [0.2, 0.25) is 5.02 Å². The number of rotatable bonds is 5. The molecule has 3 aromatic rings. The quantitative estimate of drug-likeness (QED) is 0.601. The number of nitrogens with zero attached hydrogens (tertiary/aromatic N) is 4. The van der Waals surface area contributed by atoms with Crippen LogP contribution in [0, 0.1) is 17.2 Å². The molecule has 1 N–H and O–H groups in total. The largest absolute Gasteiger partial charge is 0.331 e. The van der Waals surface area contributed by atoms with Crippen LogP contribution in [-0.2, 0) is 11.3 Å². The molecular weight excluding hydrogens is 438 g/mol. The van der Waals surface area contributed by atoms with Gasteiger partial charge in [-0.3, -0.25) is 14.3 Å². The molecule has 0 radical (unpaired) electrons. The number of nitrogens with one attached hydrogen (secondary N) is 1. The molecule has 1 fully saturated rings. The minimum atomic E-state index is -0.103. The van der Waals surface area contributed by atoms with Crippen molar-refractivity contribution in [2.45, 2.75) is 32.4 Å². The van der Waals surface area contributed by atoms with Crippen LogP contribution in [-0.4, -0.2) is 33.0 Å². The molecule has 0 spiro atoms. The van der Waals surface area contributed by atoms with Crippen LogP contribution in [0.15, 0.2) is 48.5 Å². The summed E-state index contributed by atoms with van der Waals surface area (Å²) in [5.41, 5.74) is 4.01. The highest BCUT2D eigenvalue weighted by molar-refractivity contribution is 6.31. The second-order valence-electron chi connectivity index (χ2n) is 8.66. The number of fused-ring (bicyclic) bond motifs is 1. The van der Waals surface area contributed by atoms with Crippen molar-refractivity contribution in [3.05, 3.63) is 70.4 Å². The van der Waals surface area contributed by atoms with Crippen molar-refractivity contribution in [2.75, 3.05) is 11.9 Å². The smallest absolute Gasteiger partial charge is 0.272 e. The van der Waals surface area contributed by atoms with E-state index in [1.54, 1.807) is 39.9 Å². The summed E-state index contributed by atoms with van der Waals surface area (Å²) in [6, 6.07) is 16.4. The maximum atomic E-state index is 13.3. The minimum Gasteiger partial charge on any atom is -0.331 e. The van der Waals surface area contributed by atoms with E-state index in [-0.39, 0.29) is 23.8 Å². The second-order valence-corrected chi connectivity index (χ2v) is 9.09. The van der Waals surface area contributed by atoms with Gasteiger partial charge in [0.2, 0.25) is 5.91 Å². The average Bonchev–Trinajstić information content (AvgIpc) is 3.56. The Hall–Kier alpha value is -3.63. The van der Waals surface area contributed by atoms with E-state index >= 15 is 0 Å². The molecule has 0 unspecified atom stereocenters. The normalized spacial score (nSPS) is 17.4. The molecule has 0 bridgehead atoms. The van der Waals surface area contributed by atoms with E-state index in [9.17, 15) is 9.59 Å². The summed E-state index contributed by atoms with van der Waals surface area (Å²) in [5.74, 6) is -0.0568. The average molecular weight is 460 g/mol. The summed E-state index contributed by atoms with van der Waals surface area (Å²) in [5, 5.41) is 17.2. The summed E-state index contributed by atoms with van der Waals surface area (Å²) in [6.45, 7) is 3.01. The van der Waals surface area contributed by atoms with Crippen molar-refractivity contribution in [3.63, 3.8) is 0 Å². The van der Waals surface area contributed by atoms with E-state index < -0.39 is 0 Å². The van der Waals surface area contributed by atoms with Gasteiger partial charge in [-0.1, -0.05) is 23.7 Å². The van der Waals surface area contributed by atoms with Gasteiger partial charge in [-0.15, -0.1) is 0 Å². The van der Waals surface area contributed by atoms with Crippen molar-refractivity contribution in [1.82, 2.24) is 14.7 Å². The molecule has 33 heavy (non-hydrogen) atoms. The van der Waals surface area contributed by atoms with Gasteiger partial charge in [-0.05, 0) is 61.7 Å². The first-order valence-electron chi connectivity index (χ1n) is 10.9. The fourth-order valence-corrected chi connectivity index (χ4v) is 4.30. The first-order valence-corrected chi connectivity index (χ1v) is 11.3. The number of hydrogen-bond acceptors (Lipinski definition) is 4. The maximum Gasteiger partial charge on any atom is 0.272 e. The zero-order valence-electron chi connectivity index (χ0n) is 18.1. The molecule has 2 aliphatic rings. The van der Waals surface area contributed by atoms with Crippen LogP contribution in [0.5, 0.6) is 0 Å². The molecule has 1 aliphatic carbocycles. The summed E-state index contributed by atoms with van der Waals surface area (Å²) < 4.78 is 1.76. The third-order valence-electron chi connectivity index (χ3n) is 6.06. The van der Waals surface area contributed by atoms with Crippen molar-refractivity contribution < 1.29 is 9.59 Å². The number of carbonyl (C=O) groups is 2. The third-order valence-corrected chi connectivity index (χ3v) is 6.30. The SMILES string of the molecule is C[C@H]1CN(Cc2ccc(C#N)cc2)C(=O)c2cc(-c3ccc(Cl)cc3NC(=O)C3CC3)nn21. The maximum absolute atomic E-state index is 13.3. The van der Waals surface area contributed by atoms with Gasteiger partial charge in [-0.25, -0.2) is 0 Å². The molecule has 2 heterocycles. The van der Waals surface area contributed by atoms with Gasteiger partial charge in [0.1, 0.15) is 5.69 Å². The molecule has 1 aliphatic heterocycles. The molecule has 1 aromatic heterocycles. The van der Waals surface area contributed by atoms with Crippen molar-refractivity contribution in [1.29, 1.82) is 5.26 Å². The van der Waals surface area contributed by atoms with Gasteiger partial charge < -0.3 is 10.2 Å². The van der Waals surface area contributed by atoms with Crippen LogP contribution in [0.3, 0.4) is 0 Å². The lowest BCUT2D eigenvalue weighted by molar-refractivity contribution is -0.117. The van der Waals surface area contributed by atoms with E-state index in [1.165, 1.54) is 0 Å². The van der Waals surface area contributed by atoms with Gasteiger partial charge in [0.25, 0.3) is 5.91 Å². The Kier molecular flexibility index (Phi) is 5.39. The Labute approximate surface area is 196 Å². The van der Waals surface area contributed by atoms with E-state index in [1.807, 2.05) is 25.1 Å². The lowest BCUT2D eigenvalue weighted by Gasteiger charge is -2.31. The van der Waals surface area contributed by atoms with Crippen molar-refractivity contribution in [3.8, 4) is 17.3 Å². The number of halogens is 1. The Bertz CT molecular complexity index is 1290. The Balaban J connectivity index is 1.43. The third kappa shape index (κ3) is 4.22. The van der Waals surface area contributed by atoms with Gasteiger partial charge in [0.15, 0.2) is 0 Å². The number of amides is 2. The number of anilines is 1. The Morgan fingerprint density at radius 3 is 2.67 bits per heavy atom. The number of benzene rings is 2. The molecular formula is C25H22ClN5O2. The fraction of sp³-hybridized carbons (Fsp3) is 0.280. The lowest BCUT2D eigenvalue weighted by atomic mass is 10.1. The van der Waals surface area contributed by atoms with Crippen LogP contribution < -0.4 is 5.32 Å². The number of hydrogen-bond donors (Lipinski definition) is 1. The summed E-state index contributed by atoms with van der Waals surface area (Å²) >= 11 is 6.19. The highest BCUT2D eigenvalue weighted by Gasteiger charge is 2.32. The van der Waals surface area contributed by atoms with E-state index in [0.29, 0.717) is 40.8 Å². The van der Waals surface area contributed by atoms with Gasteiger partial charge >= 0.3 is 0 Å². The molecule has 1 saturated carbocycles. The van der Waals surface area contributed by atoms with Crippen molar-refractivity contribution >= 4 is 29.1 Å². The van der Waals surface area contributed by atoms with Gasteiger partial charge in [-0.2, -0.15) is 10.4 Å². The predicted octanol–water partition coefficient (Wildman–Crippen LogP) is 4.64.